The van der Waals surface area contributed by atoms with Gasteiger partial charge in [-0.25, -0.2) is 9.59 Å². The van der Waals surface area contributed by atoms with Crippen LogP contribution in [0.5, 0.6) is 0 Å². The fourth-order valence-corrected chi connectivity index (χ4v) is 3.76. The Kier molecular flexibility index (Phi) is 15.2. The molecule has 1 rings (SSSR count). The van der Waals surface area contributed by atoms with E-state index in [0.717, 1.165) is 38.0 Å². The Balaban J connectivity index is 2.01. The highest BCUT2D eigenvalue weighted by molar-refractivity contribution is 5.60. The van der Waals surface area contributed by atoms with Gasteiger partial charge >= 0.3 is 12.3 Å². The van der Waals surface area contributed by atoms with Crippen LogP contribution in [0.3, 0.4) is 0 Å². The van der Waals surface area contributed by atoms with E-state index >= 15 is 0 Å². The topological polar surface area (TPSA) is 71.1 Å². The molecule has 0 saturated heterocycles. The van der Waals surface area contributed by atoms with Gasteiger partial charge in [0.1, 0.15) is 12.2 Å². The molecule has 2 atom stereocenters. The number of unbranched alkanes of at least 4 members (excludes halogenated alkanes) is 7. The molecule has 2 unspecified atom stereocenters. The van der Waals surface area contributed by atoms with Crippen molar-refractivity contribution in [1.29, 1.82) is 0 Å². The van der Waals surface area contributed by atoms with Crippen LogP contribution in [0.2, 0.25) is 0 Å². The van der Waals surface area contributed by atoms with Crippen molar-refractivity contribution in [2.75, 3.05) is 13.2 Å². The first-order valence-corrected chi connectivity index (χ1v) is 12.5. The molecule has 1 fully saturated rings. The quantitative estimate of drug-likeness (QED) is 0.194. The fourth-order valence-electron chi connectivity index (χ4n) is 3.76. The van der Waals surface area contributed by atoms with E-state index in [0.29, 0.717) is 19.6 Å². The molecule has 0 radical (unpaired) electrons. The van der Waals surface area contributed by atoms with Crippen molar-refractivity contribution in [2.45, 2.75) is 123 Å². The number of ether oxygens (including phenoxy) is 4. The van der Waals surface area contributed by atoms with E-state index in [1.807, 2.05) is 13.8 Å². The van der Waals surface area contributed by atoms with Crippen LogP contribution in [-0.2, 0) is 18.9 Å². The summed E-state index contributed by atoms with van der Waals surface area (Å²) >= 11 is 0. The van der Waals surface area contributed by atoms with Gasteiger partial charge in [0.15, 0.2) is 0 Å². The minimum Gasteiger partial charge on any atom is -0.434 e. The fraction of sp³-hybridized carbons (Fsp3) is 0.920. The van der Waals surface area contributed by atoms with Crippen molar-refractivity contribution in [1.82, 2.24) is 0 Å². The average molecular weight is 443 g/mol. The van der Waals surface area contributed by atoms with E-state index in [9.17, 15) is 9.59 Å². The van der Waals surface area contributed by atoms with Gasteiger partial charge in [0, 0.05) is 6.42 Å². The summed E-state index contributed by atoms with van der Waals surface area (Å²) in [6.07, 6.45) is 12.2. The molecule has 1 aliphatic rings. The molecule has 0 aliphatic heterocycles. The van der Waals surface area contributed by atoms with Crippen LogP contribution >= 0.6 is 0 Å². The van der Waals surface area contributed by atoms with Gasteiger partial charge in [-0.3, -0.25) is 0 Å². The van der Waals surface area contributed by atoms with Crippen molar-refractivity contribution >= 4 is 12.3 Å². The summed E-state index contributed by atoms with van der Waals surface area (Å²) in [5, 5.41) is 0. The highest BCUT2D eigenvalue weighted by Crippen LogP contribution is 2.24. The number of rotatable bonds is 15. The molecular formula is C25H46O6. The first-order valence-electron chi connectivity index (χ1n) is 12.5. The summed E-state index contributed by atoms with van der Waals surface area (Å²) < 4.78 is 21.0. The van der Waals surface area contributed by atoms with E-state index in [-0.39, 0.29) is 18.1 Å². The second-order valence-corrected chi connectivity index (χ2v) is 9.71. The molecule has 0 bridgehead atoms. The zero-order valence-electron chi connectivity index (χ0n) is 20.4. The summed E-state index contributed by atoms with van der Waals surface area (Å²) in [7, 11) is 0. The number of hydrogen-bond donors (Lipinski definition) is 0. The lowest BCUT2D eigenvalue weighted by molar-refractivity contribution is -0.0364. The lowest BCUT2D eigenvalue weighted by atomic mass is 9.95. The predicted molar refractivity (Wildman–Crippen MR) is 122 cm³/mol. The molecule has 1 aliphatic carbocycles. The Hall–Kier alpha value is -1.46. The van der Waals surface area contributed by atoms with Crippen molar-refractivity contribution < 1.29 is 28.5 Å². The van der Waals surface area contributed by atoms with Crippen LogP contribution in [0.4, 0.5) is 9.59 Å². The monoisotopic (exact) mass is 442 g/mol. The molecule has 182 valence electrons. The molecule has 6 heteroatoms. The Labute approximate surface area is 189 Å². The maximum atomic E-state index is 11.9. The largest absolute Gasteiger partial charge is 0.508 e. The van der Waals surface area contributed by atoms with E-state index in [1.54, 1.807) is 0 Å². The molecule has 31 heavy (non-hydrogen) atoms. The second kappa shape index (κ2) is 17.1. The molecule has 0 N–H and O–H groups in total. The maximum Gasteiger partial charge on any atom is 0.508 e. The molecule has 0 heterocycles. The zero-order valence-corrected chi connectivity index (χ0v) is 20.4. The van der Waals surface area contributed by atoms with Gasteiger partial charge in [-0.15, -0.1) is 0 Å². The zero-order chi connectivity index (χ0) is 22.9. The molecule has 0 aromatic carbocycles. The van der Waals surface area contributed by atoms with Gasteiger partial charge in [0.05, 0.1) is 13.2 Å². The molecular weight excluding hydrogens is 396 g/mol. The maximum absolute atomic E-state index is 11.9. The lowest BCUT2D eigenvalue weighted by Gasteiger charge is -2.28. The Morgan fingerprint density at radius 3 is 1.77 bits per heavy atom. The van der Waals surface area contributed by atoms with Crippen molar-refractivity contribution in [3.05, 3.63) is 0 Å². The smallest absolute Gasteiger partial charge is 0.434 e. The van der Waals surface area contributed by atoms with Gasteiger partial charge in [-0.1, -0.05) is 79.1 Å². The standard InChI is InChI=1S/C25H46O6/c1-20(2)14-11-9-7-5-6-8-10-12-17-28-24(26)30-22-15-13-16-23(18-22)31-25(27)29-19-21(3)4/h20-23H,5-19H2,1-4H3. The molecule has 1 saturated carbocycles. The van der Waals surface area contributed by atoms with E-state index in [1.165, 1.54) is 44.9 Å². The molecule has 0 spiro atoms. The van der Waals surface area contributed by atoms with Crippen molar-refractivity contribution in [2.24, 2.45) is 11.8 Å². The number of hydrogen-bond acceptors (Lipinski definition) is 6. The van der Waals surface area contributed by atoms with Crippen LogP contribution in [0, 0.1) is 11.8 Å². The number of carbonyl (C=O) groups is 2. The highest BCUT2D eigenvalue weighted by Gasteiger charge is 2.28. The van der Waals surface area contributed by atoms with Gasteiger partial charge in [0.25, 0.3) is 0 Å². The van der Waals surface area contributed by atoms with E-state index in [2.05, 4.69) is 13.8 Å². The Morgan fingerprint density at radius 1 is 0.710 bits per heavy atom. The van der Waals surface area contributed by atoms with Crippen LogP contribution in [0.25, 0.3) is 0 Å². The minimum absolute atomic E-state index is 0.264. The van der Waals surface area contributed by atoms with Crippen LogP contribution in [0.15, 0.2) is 0 Å². The Morgan fingerprint density at radius 2 is 1.23 bits per heavy atom. The summed E-state index contributed by atoms with van der Waals surface area (Å²) in [6, 6.07) is 0. The van der Waals surface area contributed by atoms with Gasteiger partial charge < -0.3 is 18.9 Å². The van der Waals surface area contributed by atoms with Crippen LogP contribution in [0.1, 0.15) is 111 Å². The SMILES string of the molecule is CC(C)CCCCCCCCCCOC(=O)OC1CCCC(OC(=O)OCC(C)C)C1. The van der Waals surface area contributed by atoms with Gasteiger partial charge in [-0.2, -0.15) is 0 Å². The van der Waals surface area contributed by atoms with E-state index < -0.39 is 12.3 Å². The number of carbonyl (C=O) groups excluding carboxylic acids is 2. The third kappa shape index (κ3) is 15.9. The molecule has 0 amide bonds. The minimum atomic E-state index is -0.641. The van der Waals surface area contributed by atoms with Gasteiger partial charge in [-0.05, 0) is 37.5 Å². The normalized spacial score (nSPS) is 18.8. The summed E-state index contributed by atoms with van der Waals surface area (Å²) in [4.78, 5) is 23.6. The van der Waals surface area contributed by atoms with Crippen LogP contribution in [-0.4, -0.2) is 37.7 Å². The second-order valence-electron chi connectivity index (χ2n) is 9.71. The van der Waals surface area contributed by atoms with Gasteiger partial charge in [0.2, 0.25) is 0 Å². The molecule has 6 nitrogen and oxygen atoms in total. The summed E-state index contributed by atoms with van der Waals surface area (Å²) in [5.41, 5.74) is 0. The predicted octanol–water partition coefficient (Wildman–Crippen LogP) is 7.43. The lowest BCUT2D eigenvalue weighted by Crippen LogP contribution is -2.32. The summed E-state index contributed by atoms with van der Waals surface area (Å²) in [5.74, 6) is 1.09. The van der Waals surface area contributed by atoms with E-state index in [4.69, 9.17) is 18.9 Å². The van der Waals surface area contributed by atoms with Crippen molar-refractivity contribution in [3.63, 3.8) is 0 Å². The average Bonchev–Trinajstić information content (AvgIpc) is 2.70. The Bertz CT molecular complexity index is 477. The first kappa shape index (κ1) is 27.6. The van der Waals surface area contributed by atoms with Crippen LogP contribution < -0.4 is 0 Å². The highest BCUT2D eigenvalue weighted by atomic mass is 16.7. The summed E-state index contributed by atoms with van der Waals surface area (Å²) in [6.45, 7) is 9.26. The van der Waals surface area contributed by atoms with Crippen molar-refractivity contribution in [3.8, 4) is 0 Å². The third-order valence-corrected chi connectivity index (χ3v) is 5.53. The molecule has 0 aromatic heterocycles. The molecule has 0 aromatic rings. The first-order chi connectivity index (χ1) is 14.9. The third-order valence-electron chi connectivity index (χ3n) is 5.53.